The second-order valence-corrected chi connectivity index (χ2v) is 6.71. The van der Waals surface area contributed by atoms with Gasteiger partial charge in [0.25, 0.3) is 0 Å². The minimum atomic E-state index is 0. The summed E-state index contributed by atoms with van der Waals surface area (Å²) in [6.07, 6.45) is 1.20. The van der Waals surface area contributed by atoms with Crippen molar-refractivity contribution in [3.8, 4) is 0 Å². The van der Waals surface area contributed by atoms with E-state index in [2.05, 4.69) is 34.0 Å². The summed E-state index contributed by atoms with van der Waals surface area (Å²) in [6, 6.07) is 0. The van der Waals surface area contributed by atoms with Gasteiger partial charge >= 0.3 is 0 Å². The standard InChI is InChI=1S/C17H34N4O2.HI/c1-4-22-14-16-5-6-21(13-16)17(18-3)19-11-15(2)12-20-7-9-23-10-8-20;/h15-16H,4-14H2,1-3H3,(H,18,19);1H. The van der Waals surface area contributed by atoms with E-state index < -0.39 is 0 Å². The van der Waals surface area contributed by atoms with E-state index in [1.54, 1.807) is 0 Å². The van der Waals surface area contributed by atoms with Crippen LogP contribution in [0.15, 0.2) is 4.99 Å². The van der Waals surface area contributed by atoms with Crippen molar-refractivity contribution in [1.82, 2.24) is 15.1 Å². The van der Waals surface area contributed by atoms with Gasteiger partial charge in [0.05, 0.1) is 19.8 Å². The number of ether oxygens (including phenoxy) is 2. The molecular weight excluding hydrogens is 419 g/mol. The predicted octanol–water partition coefficient (Wildman–Crippen LogP) is 1.51. The molecule has 24 heavy (non-hydrogen) atoms. The van der Waals surface area contributed by atoms with Crippen LogP contribution in [-0.4, -0.2) is 88.5 Å². The van der Waals surface area contributed by atoms with Gasteiger partial charge in [0.1, 0.15) is 0 Å². The van der Waals surface area contributed by atoms with Crippen LogP contribution in [0.2, 0.25) is 0 Å². The number of nitrogens with one attached hydrogen (secondary N) is 1. The number of rotatable bonds is 7. The molecule has 2 aliphatic heterocycles. The number of halogens is 1. The van der Waals surface area contributed by atoms with E-state index in [9.17, 15) is 0 Å². The minimum absolute atomic E-state index is 0. The number of morpholine rings is 1. The summed E-state index contributed by atoms with van der Waals surface area (Å²) < 4.78 is 11.0. The molecule has 0 aromatic heterocycles. The molecule has 2 rings (SSSR count). The molecule has 2 atom stereocenters. The summed E-state index contributed by atoms with van der Waals surface area (Å²) in [5, 5.41) is 3.55. The molecule has 2 heterocycles. The average Bonchev–Trinajstić information content (AvgIpc) is 3.03. The molecule has 2 unspecified atom stereocenters. The normalized spacial score (nSPS) is 23.9. The van der Waals surface area contributed by atoms with Crippen LogP contribution in [0.3, 0.4) is 0 Å². The van der Waals surface area contributed by atoms with Gasteiger partial charge in [-0.15, -0.1) is 24.0 Å². The van der Waals surface area contributed by atoms with E-state index in [1.165, 1.54) is 6.42 Å². The highest BCUT2D eigenvalue weighted by atomic mass is 127. The van der Waals surface area contributed by atoms with Gasteiger partial charge in [-0.1, -0.05) is 6.92 Å². The van der Waals surface area contributed by atoms with E-state index in [0.29, 0.717) is 11.8 Å². The predicted molar refractivity (Wildman–Crippen MR) is 109 cm³/mol. The summed E-state index contributed by atoms with van der Waals surface area (Å²) >= 11 is 0. The Morgan fingerprint density at radius 3 is 2.75 bits per heavy atom. The molecule has 0 amide bonds. The molecule has 0 aliphatic carbocycles. The highest BCUT2D eigenvalue weighted by Gasteiger charge is 2.25. The number of nitrogens with zero attached hydrogens (tertiary/aromatic N) is 3. The Kier molecular flexibility index (Phi) is 11.2. The molecule has 6 nitrogen and oxygen atoms in total. The number of aliphatic imine (C=N–C) groups is 1. The van der Waals surface area contributed by atoms with Crippen molar-refractivity contribution in [3.63, 3.8) is 0 Å². The van der Waals surface area contributed by atoms with Crippen molar-refractivity contribution in [2.45, 2.75) is 20.3 Å². The maximum atomic E-state index is 5.56. The number of guanidine groups is 1. The van der Waals surface area contributed by atoms with E-state index in [0.717, 1.165) is 71.7 Å². The first-order chi connectivity index (χ1) is 11.2. The molecule has 2 saturated heterocycles. The zero-order valence-corrected chi connectivity index (χ0v) is 17.8. The van der Waals surface area contributed by atoms with Crippen molar-refractivity contribution in [1.29, 1.82) is 0 Å². The fraction of sp³-hybridized carbons (Fsp3) is 0.941. The SMILES string of the molecule is CCOCC1CCN(C(=NC)NCC(C)CN2CCOCC2)C1.I. The topological polar surface area (TPSA) is 49.3 Å². The number of hydrogen-bond donors (Lipinski definition) is 1. The summed E-state index contributed by atoms with van der Waals surface area (Å²) in [6.45, 7) is 14.1. The lowest BCUT2D eigenvalue weighted by atomic mass is 10.1. The van der Waals surface area contributed by atoms with Gasteiger partial charge in [-0.2, -0.15) is 0 Å². The fourth-order valence-electron chi connectivity index (χ4n) is 3.33. The molecule has 1 N–H and O–H groups in total. The van der Waals surface area contributed by atoms with Crippen molar-refractivity contribution in [2.24, 2.45) is 16.8 Å². The average molecular weight is 454 g/mol. The molecule has 2 fully saturated rings. The van der Waals surface area contributed by atoms with Gasteiger partial charge in [0.15, 0.2) is 5.96 Å². The van der Waals surface area contributed by atoms with Crippen molar-refractivity contribution in [3.05, 3.63) is 0 Å². The van der Waals surface area contributed by atoms with Gasteiger partial charge in [0.2, 0.25) is 0 Å². The third-order valence-electron chi connectivity index (χ3n) is 4.64. The Morgan fingerprint density at radius 1 is 1.33 bits per heavy atom. The quantitative estimate of drug-likeness (QED) is 0.359. The Labute approximate surface area is 164 Å². The lowest BCUT2D eigenvalue weighted by Gasteiger charge is -2.30. The molecule has 0 spiro atoms. The van der Waals surface area contributed by atoms with Gasteiger partial charge in [-0.05, 0) is 19.3 Å². The van der Waals surface area contributed by atoms with E-state index >= 15 is 0 Å². The third-order valence-corrected chi connectivity index (χ3v) is 4.64. The van der Waals surface area contributed by atoms with Crippen LogP contribution in [0.1, 0.15) is 20.3 Å². The smallest absolute Gasteiger partial charge is 0.193 e. The van der Waals surface area contributed by atoms with Crippen LogP contribution in [0, 0.1) is 11.8 Å². The Morgan fingerprint density at radius 2 is 2.08 bits per heavy atom. The van der Waals surface area contributed by atoms with Gasteiger partial charge in [-0.25, -0.2) is 0 Å². The lowest BCUT2D eigenvalue weighted by molar-refractivity contribution is 0.0320. The highest BCUT2D eigenvalue weighted by Crippen LogP contribution is 2.16. The Balaban J connectivity index is 0.00000288. The molecule has 2 aliphatic rings. The zero-order valence-electron chi connectivity index (χ0n) is 15.5. The first kappa shape index (κ1) is 21.9. The highest BCUT2D eigenvalue weighted by molar-refractivity contribution is 14.0. The van der Waals surface area contributed by atoms with Crippen LogP contribution in [0.25, 0.3) is 0 Å². The summed E-state index contributed by atoms with van der Waals surface area (Å²) in [7, 11) is 1.88. The maximum absolute atomic E-state index is 5.56. The number of hydrogen-bond acceptors (Lipinski definition) is 4. The lowest BCUT2D eigenvalue weighted by Crippen LogP contribution is -2.45. The van der Waals surface area contributed by atoms with Gasteiger partial charge in [0, 0.05) is 58.8 Å². The molecule has 0 radical (unpaired) electrons. The summed E-state index contributed by atoms with van der Waals surface area (Å²) in [5.74, 6) is 2.28. The maximum Gasteiger partial charge on any atom is 0.193 e. The summed E-state index contributed by atoms with van der Waals surface area (Å²) in [5.41, 5.74) is 0. The van der Waals surface area contributed by atoms with Crippen LogP contribution in [0.5, 0.6) is 0 Å². The minimum Gasteiger partial charge on any atom is -0.381 e. The van der Waals surface area contributed by atoms with E-state index in [1.807, 2.05) is 7.05 Å². The van der Waals surface area contributed by atoms with Crippen molar-refractivity contribution < 1.29 is 9.47 Å². The molecule has 0 aromatic carbocycles. The van der Waals surface area contributed by atoms with Crippen LogP contribution in [-0.2, 0) is 9.47 Å². The van der Waals surface area contributed by atoms with Crippen molar-refractivity contribution in [2.75, 3.05) is 72.7 Å². The van der Waals surface area contributed by atoms with E-state index in [-0.39, 0.29) is 24.0 Å². The van der Waals surface area contributed by atoms with Crippen LogP contribution < -0.4 is 5.32 Å². The van der Waals surface area contributed by atoms with Gasteiger partial charge in [-0.3, -0.25) is 9.89 Å². The molecule has 142 valence electrons. The fourth-order valence-corrected chi connectivity index (χ4v) is 3.33. The van der Waals surface area contributed by atoms with Gasteiger partial charge < -0.3 is 19.7 Å². The Hall–Kier alpha value is -0.120. The van der Waals surface area contributed by atoms with Crippen molar-refractivity contribution >= 4 is 29.9 Å². The van der Waals surface area contributed by atoms with E-state index in [4.69, 9.17) is 9.47 Å². The molecule has 7 heteroatoms. The molecule has 0 saturated carbocycles. The second kappa shape index (κ2) is 12.3. The first-order valence-electron chi connectivity index (χ1n) is 9.06. The zero-order chi connectivity index (χ0) is 16.5. The van der Waals surface area contributed by atoms with Crippen LogP contribution in [0.4, 0.5) is 0 Å². The molecule has 0 aromatic rings. The first-order valence-corrected chi connectivity index (χ1v) is 9.06. The number of likely N-dealkylation sites (tertiary alicyclic amines) is 1. The Bertz CT molecular complexity index is 364. The largest absolute Gasteiger partial charge is 0.381 e. The summed E-state index contributed by atoms with van der Waals surface area (Å²) in [4.78, 5) is 9.32. The molecular formula is C17H35IN4O2. The third kappa shape index (κ3) is 7.41. The van der Waals surface area contributed by atoms with Crippen LogP contribution >= 0.6 is 24.0 Å². The molecule has 0 bridgehead atoms. The second-order valence-electron chi connectivity index (χ2n) is 6.71. The monoisotopic (exact) mass is 454 g/mol.